The molecule has 4 heteroatoms. The van der Waals surface area contributed by atoms with Crippen molar-refractivity contribution in [3.63, 3.8) is 0 Å². The van der Waals surface area contributed by atoms with Crippen molar-refractivity contribution in [3.05, 3.63) is 59.9 Å². The Labute approximate surface area is 125 Å². The minimum Gasteiger partial charge on any atom is -0.481 e. The number of carbonyl (C=O) groups excluding carboxylic acids is 1. The van der Waals surface area contributed by atoms with E-state index in [9.17, 15) is 4.79 Å². The second-order valence-corrected chi connectivity index (χ2v) is 4.79. The number of carbonyl (C=O) groups is 1. The Morgan fingerprint density at radius 1 is 1.24 bits per heavy atom. The lowest BCUT2D eigenvalue weighted by Crippen LogP contribution is -2.36. The number of nitrogens with zero attached hydrogens (tertiary/aromatic N) is 1. The molecule has 0 aliphatic heterocycles. The van der Waals surface area contributed by atoms with E-state index in [4.69, 9.17) is 4.74 Å². The molecule has 0 aliphatic carbocycles. The fraction of sp³-hybridized carbons (Fsp3) is 0.294. The maximum Gasteiger partial charge on any atom is 0.261 e. The molecule has 0 aliphatic rings. The Bertz CT molecular complexity index is 584. The Balaban J connectivity index is 1.90. The average Bonchev–Trinajstić information content (AvgIpc) is 2.54. The van der Waals surface area contributed by atoms with Crippen LogP contribution >= 0.6 is 0 Å². The number of para-hydroxylation sites is 1. The predicted molar refractivity (Wildman–Crippen MR) is 82.0 cm³/mol. The normalized spacial score (nSPS) is 11.7. The SMILES string of the molecule is CCc1ccccc1OC(C)C(=O)NCc1ccncc1. The van der Waals surface area contributed by atoms with Crippen LogP contribution in [0.2, 0.25) is 0 Å². The molecule has 1 aromatic heterocycles. The Hall–Kier alpha value is -2.36. The van der Waals surface area contributed by atoms with Gasteiger partial charge in [-0.15, -0.1) is 0 Å². The van der Waals surface area contributed by atoms with Gasteiger partial charge in [0.05, 0.1) is 0 Å². The van der Waals surface area contributed by atoms with Crippen LogP contribution < -0.4 is 10.1 Å². The van der Waals surface area contributed by atoms with Crippen LogP contribution in [0, 0.1) is 0 Å². The van der Waals surface area contributed by atoms with Crippen molar-refractivity contribution < 1.29 is 9.53 Å². The molecular formula is C17H20N2O2. The van der Waals surface area contributed by atoms with Crippen LogP contribution in [0.3, 0.4) is 0 Å². The molecule has 110 valence electrons. The van der Waals surface area contributed by atoms with Gasteiger partial charge in [0.15, 0.2) is 6.10 Å². The van der Waals surface area contributed by atoms with Gasteiger partial charge in [-0.1, -0.05) is 25.1 Å². The highest BCUT2D eigenvalue weighted by molar-refractivity contribution is 5.80. The summed E-state index contributed by atoms with van der Waals surface area (Å²) < 4.78 is 5.76. The molecule has 1 heterocycles. The van der Waals surface area contributed by atoms with Crippen molar-refractivity contribution in [2.75, 3.05) is 0 Å². The number of hydrogen-bond donors (Lipinski definition) is 1. The number of pyridine rings is 1. The summed E-state index contributed by atoms with van der Waals surface area (Å²) in [4.78, 5) is 16.0. The van der Waals surface area contributed by atoms with Gasteiger partial charge in [-0.05, 0) is 42.7 Å². The second kappa shape index (κ2) is 7.43. The van der Waals surface area contributed by atoms with Crippen LogP contribution in [-0.4, -0.2) is 17.0 Å². The fourth-order valence-electron chi connectivity index (χ4n) is 1.99. The Morgan fingerprint density at radius 2 is 1.95 bits per heavy atom. The van der Waals surface area contributed by atoms with E-state index in [-0.39, 0.29) is 5.91 Å². The number of hydrogen-bond acceptors (Lipinski definition) is 3. The van der Waals surface area contributed by atoms with E-state index in [1.54, 1.807) is 19.3 Å². The number of nitrogens with one attached hydrogen (secondary N) is 1. The van der Waals surface area contributed by atoms with Crippen LogP contribution in [-0.2, 0) is 17.8 Å². The second-order valence-electron chi connectivity index (χ2n) is 4.79. The zero-order valence-corrected chi connectivity index (χ0v) is 12.4. The first-order chi connectivity index (χ1) is 10.2. The maximum atomic E-state index is 12.1. The number of rotatable bonds is 6. The summed E-state index contributed by atoms with van der Waals surface area (Å²) in [6.07, 6.45) is 3.76. The van der Waals surface area contributed by atoms with E-state index in [0.717, 1.165) is 23.3 Å². The highest BCUT2D eigenvalue weighted by Gasteiger charge is 2.15. The first kappa shape index (κ1) is 15.0. The van der Waals surface area contributed by atoms with Crippen molar-refractivity contribution in [2.45, 2.75) is 32.9 Å². The number of ether oxygens (including phenoxy) is 1. The standard InChI is InChI=1S/C17H20N2O2/c1-3-15-6-4-5-7-16(15)21-13(2)17(20)19-12-14-8-10-18-11-9-14/h4-11,13H,3,12H2,1-2H3,(H,19,20). The van der Waals surface area contributed by atoms with E-state index in [1.807, 2.05) is 36.4 Å². The van der Waals surface area contributed by atoms with Crippen LogP contribution in [0.1, 0.15) is 25.0 Å². The molecule has 1 unspecified atom stereocenters. The predicted octanol–water partition coefficient (Wildman–Crippen LogP) is 2.73. The highest BCUT2D eigenvalue weighted by Crippen LogP contribution is 2.19. The minimum atomic E-state index is -0.528. The van der Waals surface area contributed by atoms with Gasteiger partial charge in [-0.2, -0.15) is 0 Å². The quantitative estimate of drug-likeness (QED) is 0.887. The summed E-state index contributed by atoms with van der Waals surface area (Å²) in [6.45, 7) is 4.30. The summed E-state index contributed by atoms with van der Waals surface area (Å²) in [5.74, 6) is 0.643. The molecule has 0 saturated carbocycles. The van der Waals surface area contributed by atoms with Gasteiger partial charge in [-0.25, -0.2) is 0 Å². The molecule has 0 spiro atoms. The lowest BCUT2D eigenvalue weighted by Gasteiger charge is -2.16. The molecule has 1 atom stereocenters. The summed E-state index contributed by atoms with van der Waals surface area (Å²) in [5, 5.41) is 2.86. The van der Waals surface area contributed by atoms with Crippen LogP contribution in [0.5, 0.6) is 5.75 Å². The number of benzene rings is 1. The van der Waals surface area contributed by atoms with Crippen molar-refractivity contribution >= 4 is 5.91 Å². The molecule has 2 aromatic rings. The molecule has 21 heavy (non-hydrogen) atoms. The van der Waals surface area contributed by atoms with Gasteiger partial charge in [0.2, 0.25) is 0 Å². The summed E-state index contributed by atoms with van der Waals surface area (Å²) in [5.41, 5.74) is 2.12. The van der Waals surface area contributed by atoms with Gasteiger partial charge in [-0.3, -0.25) is 9.78 Å². The molecule has 1 amide bonds. The van der Waals surface area contributed by atoms with E-state index in [1.165, 1.54) is 0 Å². The van der Waals surface area contributed by atoms with E-state index in [2.05, 4.69) is 17.2 Å². The van der Waals surface area contributed by atoms with Crippen LogP contribution in [0.15, 0.2) is 48.8 Å². The minimum absolute atomic E-state index is 0.127. The molecule has 0 saturated heterocycles. The third-order valence-corrected chi connectivity index (χ3v) is 3.24. The molecule has 2 rings (SSSR count). The van der Waals surface area contributed by atoms with Crippen molar-refractivity contribution in [2.24, 2.45) is 0 Å². The number of amides is 1. The first-order valence-corrected chi connectivity index (χ1v) is 7.12. The van der Waals surface area contributed by atoms with Gasteiger partial charge in [0.1, 0.15) is 5.75 Å². The molecule has 1 N–H and O–H groups in total. The number of aromatic nitrogens is 1. The van der Waals surface area contributed by atoms with E-state index >= 15 is 0 Å². The summed E-state index contributed by atoms with van der Waals surface area (Å²) >= 11 is 0. The van der Waals surface area contributed by atoms with Crippen molar-refractivity contribution in [1.29, 1.82) is 0 Å². The fourth-order valence-corrected chi connectivity index (χ4v) is 1.99. The third-order valence-electron chi connectivity index (χ3n) is 3.24. The molecule has 0 bridgehead atoms. The van der Waals surface area contributed by atoms with Crippen LogP contribution in [0.4, 0.5) is 0 Å². The van der Waals surface area contributed by atoms with Gasteiger partial charge in [0, 0.05) is 18.9 Å². The number of aryl methyl sites for hydroxylation is 1. The Kier molecular flexibility index (Phi) is 5.32. The molecule has 0 fully saturated rings. The van der Waals surface area contributed by atoms with Crippen LogP contribution in [0.25, 0.3) is 0 Å². The maximum absolute atomic E-state index is 12.1. The Morgan fingerprint density at radius 3 is 2.67 bits per heavy atom. The zero-order valence-electron chi connectivity index (χ0n) is 12.4. The van der Waals surface area contributed by atoms with Gasteiger partial charge >= 0.3 is 0 Å². The smallest absolute Gasteiger partial charge is 0.261 e. The lowest BCUT2D eigenvalue weighted by molar-refractivity contribution is -0.127. The van der Waals surface area contributed by atoms with Gasteiger partial charge in [0.25, 0.3) is 5.91 Å². The van der Waals surface area contributed by atoms with E-state index < -0.39 is 6.10 Å². The zero-order chi connectivity index (χ0) is 15.1. The molecule has 1 aromatic carbocycles. The first-order valence-electron chi connectivity index (χ1n) is 7.12. The largest absolute Gasteiger partial charge is 0.481 e. The van der Waals surface area contributed by atoms with Gasteiger partial charge < -0.3 is 10.1 Å². The average molecular weight is 284 g/mol. The summed E-state index contributed by atoms with van der Waals surface area (Å²) in [7, 11) is 0. The van der Waals surface area contributed by atoms with Crippen molar-refractivity contribution in [1.82, 2.24) is 10.3 Å². The summed E-state index contributed by atoms with van der Waals surface area (Å²) in [6, 6.07) is 11.5. The topological polar surface area (TPSA) is 51.2 Å². The van der Waals surface area contributed by atoms with Crippen molar-refractivity contribution in [3.8, 4) is 5.75 Å². The highest BCUT2D eigenvalue weighted by atomic mass is 16.5. The monoisotopic (exact) mass is 284 g/mol. The third kappa shape index (κ3) is 4.31. The molecule has 4 nitrogen and oxygen atoms in total. The lowest BCUT2D eigenvalue weighted by atomic mass is 10.1. The van der Waals surface area contributed by atoms with E-state index in [0.29, 0.717) is 6.54 Å². The molecular weight excluding hydrogens is 264 g/mol. The molecule has 0 radical (unpaired) electrons.